The Morgan fingerprint density at radius 3 is 2.65 bits per heavy atom. The zero-order valence-electron chi connectivity index (χ0n) is 10.2. The van der Waals surface area contributed by atoms with Crippen LogP contribution in [0.1, 0.15) is 31.9 Å². The second-order valence-electron chi connectivity index (χ2n) is 4.60. The van der Waals surface area contributed by atoms with Gasteiger partial charge < -0.3 is 10.6 Å². The van der Waals surface area contributed by atoms with Crippen LogP contribution in [0.4, 0.5) is 5.69 Å². The number of anilines is 1. The van der Waals surface area contributed by atoms with E-state index in [1.165, 1.54) is 24.9 Å². The molecule has 92 valence electrons. The van der Waals surface area contributed by atoms with E-state index in [-0.39, 0.29) is 0 Å². The minimum atomic E-state index is 0.362. The summed E-state index contributed by atoms with van der Waals surface area (Å²) in [5.74, 6) is 0.898. The summed E-state index contributed by atoms with van der Waals surface area (Å²) in [5.41, 5.74) is 7.42. The number of rotatable bonds is 3. The number of nitrogens with zero attached hydrogens (tertiary/aromatic N) is 2. The van der Waals surface area contributed by atoms with Gasteiger partial charge in [-0.05, 0) is 30.9 Å². The van der Waals surface area contributed by atoms with Crippen molar-refractivity contribution in [1.82, 2.24) is 4.98 Å². The van der Waals surface area contributed by atoms with Crippen LogP contribution in [0.5, 0.6) is 0 Å². The number of hydrogen-bond acceptors (Lipinski definition) is 3. The number of pyridine rings is 1. The second kappa shape index (κ2) is 5.45. The first kappa shape index (κ1) is 12.3. The van der Waals surface area contributed by atoms with Crippen LogP contribution in [-0.4, -0.2) is 23.1 Å². The molecule has 0 saturated carbocycles. The third-order valence-corrected chi connectivity index (χ3v) is 3.77. The molecule has 0 aromatic carbocycles. The molecule has 0 aliphatic carbocycles. The van der Waals surface area contributed by atoms with Crippen molar-refractivity contribution in [2.75, 3.05) is 18.0 Å². The summed E-state index contributed by atoms with van der Waals surface area (Å²) in [7, 11) is 0. The Kier molecular flexibility index (Phi) is 3.94. The van der Waals surface area contributed by atoms with Gasteiger partial charge in [-0.3, -0.25) is 4.98 Å². The molecule has 4 heteroatoms. The Balaban J connectivity index is 2.01. The molecule has 0 unspecified atom stereocenters. The van der Waals surface area contributed by atoms with Gasteiger partial charge in [0.15, 0.2) is 0 Å². The van der Waals surface area contributed by atoms with Crippen LogP contribution >= 0.6 is 12.2 Å². The topological polar surface area (TPSA) is 42.1 Å². The monoisotopic (exact) mass is 249 g/mol. The largest absolute Gasteiger partial charge is 0.388 e. The number of nitrogens with two attached hydrogens (primary N) is 1. The molecule has 2 heterocycles. The average Bonchev–Trinajstić information content (AvgIpc) is 2.39. The summed E-state index contributed by atoms with van der Waals surface area (Å²) in [6.07, 6.45) is 5.74. The summed E-state index contributed by atoms with van der Waals surface area (Å²) >= 11 is 4.89. The van der Waals surface area contributed by atoms with Crippen LogP contribution in [0, 0.1) is 5.92 Å². The molecule has 1 aliphatic rings. The summed E-state index contributed by atoms with van der Waals surface area (Å²) in [4.78, 5) is 7.04. The molecule has 1 saturated heterocycles. The third-order valence-electron chi connectivity index (χ3n) is 3.56. The Morgan fingerprint density at radius 2 is 2.18 bits per heavy atom. The first-order valence-electron chi connectivity index (χ1n) is 6.21. The average molecular weight is 249 g/mol. The molecule has 1 aliphatic heterocycles. The van der Waals surface area contributed by atoms with Crippen LogP contribution in [0.25, 0.3) is 0 Å². The van der Waals surface area contributed by atoms with Crippen molar-refractivity contribution in [2.24, 2.45) is 11.7 Å². The highest BCUT2D eigenvalue weighted by molar-refractivity contribution is 7.80. The fraction of sp³-hybridized carbons (Fsp3) is 0.538. The summed E-state index contributed by atoms with van der Waals surface area (Å²) in [6, 6.07) is 3.97. The smallest absolute Gasteiger partial charge is 0.122 e. The Bertz CT molecular complexity index is 380. The van der Waals surface area contributed by atoms with Gasteiger partial charge in [-0.15, -0.1) is 0 Å². The van der Waals surface area contributed by atoms with Gasteiger partial charge in [0.25, 0.3) is 0 Å². The number of aromatic nitrogens is 1. The lowest BCUT2D eigenvalue weighted by atomic mass is 9.94. The van der Waals surface area contributed by atoms with Crippen molar-refractivity contribution in [3.05, 3.63) is 24.0 Å². The maximum Gasteiger partial charge on any atom is 0.122 e. The zero-order chi connectivity index (χ0) is 12.3. The van der Waals surface area contributed by atoms with Gasteiger partial charge in [-0.1, -0.05) is 25.6 Å². The maximum absolute atomic E-state index is 5.53. The van der Waals surface area contributed by atoms with Crippen molar-refractivity contribution in [3.8, 4) is 0 Å². The molecule has 0 radical (unpaired) electrons. The molecular formula is C13H19N3S. The van der Waals surface area contributed by atoms with Crippen LogP contribution in [0.2, 0.25) is 0 Å². The minimum Gasteiger partial charge on any atom is -0.388 e. The van der Waals surface area contributed by atoms with E-state index in [0.29, 0.717) is 10.7 Å². The number of piperidine rings is 1. The lowest BCUT2D eigenvalue weighted by molar-refractivity contribution is 0.395. The molecule has 0 bridgehead atoms. The molecule has 0 atom stereocenters. The van der Waals surface area contributed by atoms with Gasteiger partial charge in [0.1, 0.15) is 4.99 Å². The first-order chi connectivity index (χ1) is 8.20. The molecule has 3 nitrogen and oxygen atoms in total. The first-order valence-corrected chi connectivity index (χ1v) is 6.62. The lowest BCUT2D eigenvalue weighted by Gasteiger charge is -2.33. The predicted molar refractivity (Wildman–Crippen MR) is 75.4 cm³/mol. The Hall–Kier alpha value is -1.16. The van der Waals surface area contributed by atoms with Gasteiger partial charge in [0.2, 0.25) is 0 Å². The van der Waals surface area contributed by atoms with Gasteiger partial charge in [0.05, 0.1) is 17.6 Å². The van der Waals surface area contributed by atoms with Crippen LogP contribution in [0.15, 0.2) is 18.3 Å². The van der Waals surface area contributed by atoms with E-state index in [9.17, 15) is 0 Å². The SMILES string of the molecule is CCC1CCN(c2ccc(C(N)=S)nc2)CC1. The second-order valence-corrected chi connectivity index (χ2v) is 5.04. The maximum atomic E-state index is 5.53. The molecule has 2 N–H and O–H groups in total. The highest BCUT2D eigenvalue weighted by Crippen LogP contribution is 2.24. The standard InChI is InChI=1S/C13H19N3S/c1-2-10-5-7-16(8-6-10)11-3-4-12(13(14)17)15-9-11/h3-4,9-10H,2,5-8H2,1H3,(H2,14,17). The van der Waals surface area contributed by atoms with Gasteiger partial charge in [-0.25, -0.2) is 0 Å². The lowest BCUT2D eigenvalue weighted by Crippen LogP contribution is -2.33. The van der Waals surface area contributed by atoms with Crippen molar-refractivity contribution >= 4 is 22.9 Å². The fourth-order valence-corrected chi connectivity index (χ4v) is 2.44. The minimum absolute atomic E-state index is 0.362. The Morgan fingerprint density at radius 1 is 1.47 bits per heavy atom. The van der Waals surface area contributed by atoms with E-state index < -0.39 is 0 Å². The molecule has 0 spiro atoms. The Labute approximate surface area is 108 Å². The van der Waals surface area contributed by atoms with Crippen molar-refractivity contribution in [2.45, 2.75) is 26.2 Å². The molecule has 1 aromatic heterocycles. The molecule has 17 heavy (non-hydrogen) atoms. The molecule has 0 amide bonds. The van der Waals surface area contributed by atoms with Gasteiger partial charge >= 0.3 is 0 Å². The van der Waals surface area contributed by atoms with Crippen molar-refractivity contribution in [1.29, 1.82) is 0 Å². The molecular weight excluding hydrogens is 230 g/mol. The summed E-state index contributed by atoms with van der Waals surface area (Å²) in [6.45, 7) is 4.54. The molecule has 2 rings (SSSR count). The zero-order valence-corrected chi connectivity index (χ0v) is 11.0. The van der Waals surface area contributed by atoms with E-state index >= 15 is 0 Å². The van der Waals surface area contributed by atoms with Gasteiger partial charge in [-0.2, -0.15) is 0 Å². The summed E-state index contributed by atoms with van der Waals surface area (Å²) < 4.78 is 0. The van der Waals surface area contributed by atoms with E-state index in [4.69, 9.17) is 18.0 Å². The van der Waals surface area contributed by atoms with E-state index in [1.807, 2.05) is 12.3 Å². The van der Waals surface area contributed by atoms with Crippen LogP contribution in [-0.2, 0) is 0 Å². The molecule has 1 aromatic rings. The fourth-order valence-electron chi connectivity index (χ4n) is 2.32. The van der Waals surface area contributed by atoms with Crippen molar-refractivity contribution in [3.63, 3.8) is 0 Å². The van der Waals surface area contributed by atoms with E-state index in [0.717, 1.165) is 19.0 Å². The predicted octanol–water partition coefficient (Wildman–Crippen LogP) is 2.34. The number of thiocarbonyl (C=S) groups is 1. The number of hydrogen-bond donors (Lipinski definition) is 1. The van der Waals surface area contributed by atoms with Gasteiger partial charge in [0, 0.05) is 13.1 Å². The molecule has 1 fully saturated rings. The van der Waals surface area contributed by atoms with Crippen molar-refractivity contribution < 1.29 is 0 Å². The van der Waals surface area contributed by atoms with Crippen LogP contribution in [0.3, 0.4) is 0 Å². The summed E-state index contributed by atoms with van der Waals surface area (Å²) in [5, 5.41) is 0. The normalized spacial score (nSPS) is 17.1. The van der Waals surface area contributed by atoms with Crippen LogP contribution < -0.4 is 10.6 Å². The quantitative estimate of drug-likeness (QED) is 0.835. The van der Waals surface area contributed by atoms with E-state index in [2.05, 4.69) is 22.9 Å². The highest BCUT2D eigenvalue weighted by atomic mass is 32.1. The highest BCUT2D eigenvalue weighted by Gasteiger charge is 2.18. The van der Waals surface area contributed by atoms with E-state index in [1.54, 1.807) is 0 Å². The third kappa shape index (κ3) is 2.94.